The summed E-state index contributed by atoms with van der Waals surface area (Å²) >= 11 is 0. The van der Waals surface area contributed by atoms with Crippen molar-refractivity contribution in [1.82, 2.24) is 10.2 Å². The lowest BCUT2D eigenvalue weighted by atomic mass is 9.96. The summed E-state index contributed by atoms with van der Waals surface area (Å²) < 4.78 is 5.31. The number of carbonyl (C=O) groups excluding carboxylic acids is 2. The van der Waals surface area contributed by atoms with E-state index in [9.17, 15) is 14.4 Å². The fraction of sp³-hybridized carbons (Fsp3) is 0.800. The zero-order valence-electron chi connectivity index (χ0n) is 12.9. The van der Waals surface area contributed by atoms with E-state index in [1.54, 1.807) is 4.90 Å². The minimum absolute atomic E-state index is 0.00453. The molecule has 124 valence electrons. The summed E-state index contributed by atoms with van der Waals surface area (Å²) in [4.78, 5) is 37.0. The maximum atomic E-state index is 12.4. The maximum absolute atomic E-state index is 12.4. The van der Waals surface area contributed by atoms with Gasteiger partial charge in [-0.1, -0.05) is 6.92 Å². The van der Waals surface area contributed by atoms with Crippen molar-refractivity contribution < 1.29 is 24.2 Å². The molecule has 0 aromatic carbocycles. The number of ether oxygens (including phenoxy) is 1. The molecule has 2 aliphatic heterocycles. The largest absolute Gasteiger partial charge is 0.479 e. The van der Waals surface area contributed by atoms with Crippen LogP contribution in [0.15, 0.2) is 0 Å². The number of hydrogen-bond acceptors (Lipinski definition) is 4. The first-order valence-corrected chi connectivity index (χ1v) is 7.97. The summed E-state index contributed by atoms with van der Waals surface area (Å²) in [6.07, 6.45) is 1.67. The minimum Gasteiger partial charge on any atom is -0.479 e. The quantitative estimate of drug-likeness (QED) is 0.765. The van der Waals surface area contributed by atoms with Crippen LogP contribution in [0.2, 0.25) is 0 Å². The molecular weight excluding hydrogens is 288 g/mol. The molecule has 1 unspecified atom stereocenters. The van der Waals surface area contributed by atoms with Crippen molar-refractivity contribution in [2.24, 2.45) is 5.92 Å². The van der Waals surface area contributed by atoms with E-state index < -0.39 is 18.2 Å². The van der Waals surface area contributed by atoms with Crippen LogP contribution in [0.25, 0.3) is 0 Å². The van der Waals surface area contributed by atoms with E-state index in [-0.39, 0.29) is 17.7 Å². The maximum Gasteiger partial charge on any atom is 0.332 e. The second-order valence-corrected chi connectivity index (χ2v) is 5.94. The predicted molar refractivity (Wildman–Crippen MR) is 78.1 cm³/mol. The van der Waals surface area contributed by atoms with Crippen LogP contribution in [-0.4, -0.2) is 59.6 Å². The Kier molecular flexibility index (Phi) is 5.76. The Morgan fingerprint density at radius 1 is 1.23 bits per heavy atom. The lowest BCUT2D eigenvalue weighted by Gasteiger charge is -2.33. The van der Waals surface area contributed by atoms with Crippen LogP contribution in [0, 0.1) is 5.92 Å². The number of carbonyl (C=O) groups is 3. The van der Waals surface area contributed by atoms with Gasteiger partial charge in [0.05, 0.1) is 5.92 Å². The summed E-state index contributed by atoms with van der Waals surface area (Å²) in [6, 6.07) is 0. The molecule has 0 aliphatic carbocycles. The van der Waals surface area contributed by atoms with E-state index in [1.807, 2.05) is 6.92 Å². The van der Waals surface area contributed by atoms with Crippen LogP contribution < -0.4 is 5.32 Å². The molecule has 0 spiro atoms. The number of nitrogens with zero attached hydrogens (tertiary/aromatic N) is 1. The van der Waals surface area contributed by atoms with Crippen molar-refractivity contribution in [2.45, 2.75) is 51.2 Å². The van der Waals surface area contributed by atoms with Crippen molar-refractivity contribution in [2.75, 3.05) is 19.6 Å². The first-order valence-electron chi connectivity index (χ1n) is 7.97. The molecule has 2 amide bonds. The van der Waals surface area contributed by atoms with Gasteiger partial charge in [0.15, 0.2) is 6.10 Å². The van der Waals surface area contributed by atoms with Crippen LogP contribution in [0.5, 0.6) is 0 Å². The number of piperidine rings is 1. The van der Waals surface area contributed by atoms with Gasteiger partial charge < -0.3 is 20.1 Å². The van der Waals surface area contributed by atoms with E-state index >= 15 is 0 Å². The van der Waals surface area contributed by atoms with Crippen molar-refractivity contribution in [1.29, 1.82) is 0 Å². The molecule has 0 bridgehead atoms. The van der Waals surface area contributed by atoms with Gasteiger partial charge in [0.1, 0.15) is 6.10 Å². The normalized spacial score (nSPS) is 28.4. The highest BCUT2D eigenvalue weighted by molar-refractivity contribution is 5.84. The summed E-state index contributed by atoms with van der Waals surface area (Å²) in [6.45, 7) is 3.64. The molecular formula is C15H24N2O5. The lowest BCUT2D eigenvalue weighted by Crippen LogP contribution is -2.48. The molecule has 7 heteroatoms. The fourth-order valence-corrected chi connectivity index (χ4v) is 2.99. The van der Waals surface area contributed by atoms with E-state index in [2.05, 4.69) is 5.32 Å². The van der Waals surface area contributed by atoms with Gasteiger partial charge in [0.25, 0.3) is 5.91 Å². The average molecular weight is 312 g/mol. The van der Waals surface area contributed by atoms with Gasteiger partial charge in [0.2, 0.25) is 5.91 Å². The van der Waals surface area contributed by atoms with Crippen LogP contribution in [-0.2, 0) is 19.1 Å². The Morgan fingerprint density at radius 3 is 2.59 bits per heavy atom. The van der Waals surface area contributed by atoms with Gasteiger partial charge in [0, 0.05) is 19.6 Å². The van der Waals surface area contributed by atoms with Gasteiger partial charge in [-0.15, -0.1) is 0 Å². The molecule has 0 aromatic rings. The van der Waals surface area contributed by atoms with Crippen LogP contribution in [0.1, 0.15) is 39.0 Å². The number of nitrogens with one attached hydrogen (secondary N) is 1. The van der Waals surface area contributed by atoms with Gasteiger partial charge in [-0.2, -0.15) is 0 Å². The third-order valence-corrected chi connectivity index (χ3v) is 4.22. The van der Waals surface area contributed by atoms with Crippen LogP contribution >= 0.6 is 0 Å². The summed E-state index contributed by atoms with van der Waals surface area (Å²) in [5.41, 5.74) is 0. The number of amides is 2. The number of rotatable bonds is 5. The highest BCUT2D eigenvalue weighted by Crippen LogP contribution is 2.24. The molecule has 7 nitrogen and oxygen atoms in total. The molecule has 0 radical (unpaired) electrons. The van der Waals surface area contributed by atoms with Crippen LogP contribution in [0.3, 0.4) is 0 Å². The zero-order valence-corrected chi connectivity index (χ0v) is 12.9. The summed E-state index contributed by atoms with van der Waals surface area (Å²) in [5.74, 6) is -1.39. The number of carboxylic acid groups (broad SMARTS) is 1. The van der Waals surface area contributed by atoms with Gasteiger partial charge in [-0.25, -0.2) is 4.79 Å². The Morgan fingerprint density at radius 2 is 1.95 bits per heavy atom. The number of carboxylic acids is 1. The number of aliphatic carboxylic acids is 1. The molecule has 22 heavy (non-hydrogen) atoms. The van der Waals surface area contributed by atoms with E-state index in [0.717, 1.165) is 19.3 Å². The average Bonchev–Trinajstić information content (AvgIpc) is 3.02. The Balaban J connectivity index is 1.88. The molecule has 2 N–H and O–H groups in total. The smallest absolute Gasteiger partial charge is 0.332 e. The van der Waals surface area contributed by atoms with Crippen molar-refractivity contribution in [3.63, 3.8) is 0 Å². The van der Waals surface area contributed by atoms with E-state index in [1.165, 1.54) is 0 Å². The molecule has 2 fully saturated rings. The molecule has 3 atom stereocenters. The summed E-state index contributed by atoms with van der Waals surface area (Å²) in [7, 11) is 0. The number of hydrogen-bond donors (Lipinski definition) is 2. The summed E-state index contributed by atoms with van der Waals surface area (Å²) in [5, 5.41) is 11.8. The highest BCUT2D eigenvalue weighted by Gasteiger charge is 2.38. The molecule has 2 heterocycles. The Hall–Kier alpha value is -1.63. The molecule has 0 aromatic heterocycles. The first-order chi connectivity index (χ1) is 10.5. The SMILES string of the molecule is CCCNC(=O)C1CCCN(C(=O)[C@@H]2CC[C@H](C(=O)O)O2)C1. The standard InChI is InChI=1S/C15H24N2O5/c1-2-7-16-13(18)10-4-3-8-17(9-10)14(19)11-5-6-12(22-11)15(20)21/h10-12H,2-9H2,1H3,(H,16,18)(H,20,21)/t10?,11-,12+/m0/s1. The molecule has 2 rings (SSSR count). The minimum atomic E-state index is -1.02. The third-order valence-electron chi connectivity index (χ3n) is 4.22. The van der Waals surface area contributed by atoms with Crippen LogP contribution in [0.4, 0.5) is 0 Å². The van der Waals surface area contributed by atoms with E-state index in [4.69, 9.17) is 9.84 Å². The van der Waals surface area contributed by atoms with E-state index in [0.29, 0.717) is 32.5 Å². The molecule has 0 saturated carbocycles. The Bertz CT molecular complexity index is 440. The second kappa shape index (κ2) is 7.58. The first kappa shape index (κ1) is 16.7. The molecule has 2 aliphatic rings. The second-order valence-electron chi connectivity index (χ2n) is 5.94. The monoisotopic (exact) mass is 312 g/mol. The lowest BCUT2D eigenvalue weighted by molar-refractivity contribution is -0.155. The highest BCUT2D eigenvalue weighted by atomic mass is 16.5. The van der Waals surface area contributed by atoms with Gasteiger partial charge in [-0.05, 0) is 32.1 Å². The van der Waals surface area contributed by atoms with Crippen molar-refractivity contribution >= 4 is 17.8 Å². The third kappa shape index (κ3) is 3.97. The Labute approximate surface area is 130 Å². The van der Waals surface area contributed by atoms with Crippen molar-refractivity contribution in [3.05, 3.63) is 0 Å². The van der Waals surface area contributed by atoms with Crippen molar-refractivity contribution in [3.8, 4) is 0 Å². The van der Waals surface area contributed by atoms with Gasteiger partial charge in [-0.3, -0.25) is 9.59 Å². The molecule has 2 saturated heterocycles. The topological polar surface area (TPSA) is 95.9 Å². The zero-order chi connectivity index (χ0) is 16.1. The number of likely N-dealkylation sites (tertiary alicyclic amines) is 1. The van der Waals surface area contributed by atoms with Gasteiger partial charge >= 0.3 is 5.97 Å². The fourth-order valence-electron chi connectivity index (χ4n) is 2.99. The predicted octanol–water partition coefficient (Wildman–Crippen LogP) is 0.383.